The maximum absolute atomic E-state index is 12.7. The number of nitrogens with zero attached hydrogens (tertiary/aromatic N) is 3. The van der Waals surface area contributed by atoms with Crippen molar-refractivity contribution in [1.29, 1.82) is 0 Å². The Hall–Kier alpha value is -2.11. The molecule has 0 spiro atoms. The quantitative estimate of drug-likeness (QED) is 0.874. The van der Waals surface area contributed by atoms with E-state index in [0.717, 1.165) is 48.5 Å². The van der Waals surface area contributed by atoms with Gasteiger partial charge < -0.3 is 9.84 Å². The van der Waals surface area contributed by atoms with Crippen molar-refractivity contribution in [3.63, 3.8) is 0 Å². The number of fused-ring (bicyclic) bond motifs is 1. The molecule has 2 aromatic rings. The first kappa shape index (κ1) is 15.4. The largest absolute Gasteiger partial charge is 0.360 e. The summed E-state index contributed by atoms with van der Waals surface area (Å²) in [5.74, 6) is 1.95. The number of amides is 1. The van der Waals surface area contributed by atoms with Crippen molar-refractivity contribution >= 4 is 11.7 Å². The number of anilines is 1. The van der Waals surface area contributed by atoms with Gasteiger partial charge in [-0.2, -0.15) is 5.10 Å². The van der Waals surface area contributed by atoms with Gasteiger partial charge >= 0.3 is 0 Å². The molecular formula is C18H24N4O2. The van der Waals surface area contributed by atoms with Crippen LogP contribution < -0.4 is 5.32 Å². The smallest absolute Gasteiger partial charge is 0.279 e. The van der Waals surface area contributed by atoms with Gasteiger partial charge in [-0.3, -0.25) is 9.48 Å². The minimum Gasteiger partial charge on any atom is -0.360 e. The highest BCUT2D eigenvalue weighted by atomic mass is 16.5. The van der Waals surface area contributed by atoms with Crippen molar-refractivity contribution in [1.82, 2.24) is 14.9 Å². The van der Waals surface area contributed by atoms with Gasteiger partial charge in [0.15, 0.2) is 5.69 Å². The van der Waals surface area contributed by atoms with Gasteiger partial charge in [0.1, 0.15) is 11.6 Å². The molecule has 1 N–H and O–H groups in total. The zero-order valence-electron chi connectivity index (χ0n) is 14.2. The maximum Gasteiger partial charge on any atom is 0.279 e. The number of rotatable bonds is 3. The SMILES string of the molecule is Cn1nc(C2CCCC2)cc1NC(=O)c1noc2c1CCCCC2. The fourth-order valence-electron chi connectivity index (χ4n) is 3.94. The summed E-state index contributed by atoms with van der Waals surface area (Å²) in [7, 11) is 1.87. The Balaban J connectivity index is 1.53. The Labute approximate surface area is 141 Å². The molecule has 0 radical (unpaired) electrons. The van der Waals surface area contributed by atoms with Crippen LogP contribution in [0.5, 0.6) is 0 Å². The van der Waals surface area contributed by atoms with E-state index in [4.69, 9.17) is 4.52 Å². The van der Waals surface area contributed by atoms with Crippen LogP contribution in [-0.2, 0) is 19.9 Å². The predicted octanol–water partition coefficient (Wildman–Crippen LogP) is 3.59. The summed E-state index contributed by atoms with van der Waals surface area (Å²) < 4.78 is 7.16. The Kier molecular flexibility index (Phi) is 4.12. The molecule has 6 heteroatoms. The molecule has 0 saturated heterocycles. The van der Waals surface area contributed by atoms with Crippen LogP contribution >= 0.6 is 0 Å². The second-order valence-electron chi connectivity index (χ2n) is 7.01. The third kappa shape index (κ3) is 2.85. The molecule has 2 aromatic heterocycles. The average molecular weight is 328 g/mol. The van der Waals surface area contributed by atoms with Crippen LogP contribution in [0.3, 0.4) is 0 Å². The highest BCUT2D eigenvalue weighted by Gasteiger charge is 2.25. The van der Waals surface area contributed by atoms with Gasteiger partial charge in [0.05, 0.1) is 5.69 Å². The number of carbonyl (C=O) groups excluding carboxylic acids is 1. The fraction of sp³-hybridized carbons (Fsp3) is 0.611. The zero-order valence-corrected chi connectivity index (χ0v) is 14.2. The molecule has 24 heavy (non-hydrogen) atoms. The average Bonchev–Trinajstić information content (AvgIpc) is 3.26. The van der Waals surface area contributed by atoms with Crippen LogP contribution in [0.1, 0.15) is 78.4 Å². The van der Waals surface area contributed by atoms with Gasteiger partial charge in [0, 0.05) is 31.0 Å². The van der Waals surface area contributed by atoms with E-state index in [1.165, 1.54) is 32.1 Å². The van der Waals surface area contributed by atoms with Crippen molar-refractivity contribution in [2.24, 2.45) is 7.05 Å². The Bertz CT molecular complexity index is 740. The minimum atomic E-state index is -0.192. The zero-order chi connectivity index (χ0) is 16.5. The molecule has 0 bridgehead atoms. The van der Waals surface area contributed by atoms with Crippen molar-refractivity contribution in [2.75, 3.05) is 5.32 Å². The molecule has 4 rings (SSSR count). The van der Waals surface area contributed by atoms with E-state index in [1.54, 1.807) is 4.68 Å². The molecule has 0 atom stereocenters. The lowest BCUT2D eigenvalue weighted by Gasteiger charge is -2.04. The number of aromatic nitrogens is 3. The Morgan fingerprint density at radius 3 is 2.83 bits per heavy atom. The van der Waals surface area contributed by atoms with Crippen LogP contribution in [0.25, 0.3) is 0 Å². The molecule has 1 saturated carbocycles. The third-order valence-corrected chi connectivity index (χ3v) is 5.33. The lowest BCUT2D eigenvalue weighted by molar-refractivity contribution is 0.101. The summed E-state index contributed by atoms with van der Waals surface area (Å²) in [5.41, 5.74) is 2.52. The molecule has 0 aliphatic heterocycles. The number of hydrogen-bond acceptors (Lipinski definition) is 4. The van der Waals surface area contributed by atoms with E-state index < -0.39 is 0 Å². The van der Waals surface area contributed by atoms with E-state index in [9.17, 15) is 4.79 Å². The standard InChI is InChI=1S/C18H24N4O2/c1-22-16(11-14(20-22)12-7-5-6-8-12)19-18(23)17-13-9-3-2-4-10-15(13)24-21-17/h11-12H,2-10H2,1H3,(H,19,23). The first-order chi connectivity index (χ1) is 11.7. The van der Waals surface area contributed by atoms with Crippen molar-refractivity contribution < 1.29 is 9.32 Å². The van der Waals surface area contributed by atoms with Gasteiger partial charge in [-0.15, -0.1) is 0 Å². The van der Waals surface area contributed by atoms with Gasteiger partial charge in [-0.05, 0) is 32.1 Å². The number of nitrogens with one attached hydrogen (secondary N) is 1. The molecule has 6 nitrogen and oxygen atoms in total. The summed E-state index contributed by atoms with van der Waals surface area (Å²) in [4.78, 5) is 12.7. The molecular weight excluding hydrogens is 304 g/mol. The van der Waals surface area contributed by atoms with Gasteiger partial charge in [0.2, 0.25) is 0 Å². The van der Waals surface area contributed by atoms with Gasteiger partial charge in [0.25, 0.3) is 5.91 Å². The van der Waals surface area contributed by atoms with Crippen LogP contribution in [0.4, 0.5) is 5.82 Å². The summed E-state index contributed by atoms with van der Waals surface area (Å²) in [6.45, 7) is 0. The fourth-order valence-corrected chi connectivity index (χ4v) is 3.94. The van der Waals surface area contributed by atoms with Gasteiger partial charge in [-0.1, -0.05) is 24.4 Å². The van der Waals surface area contributed by atoms with Crippen molar-refractivity contribution in [2.45, 2.75) is 63.7 Å². The second kappa shape index (κ2) is 6.42. The van der Waals surface area contributed by atoms with E-state index in [1.807, 2.05) is 13.1 Å². The van der Waals surface area contributed by atoms with E-state index >= 15 is 0 Å². The molecule has 0 unspecified atom stereocenters. The van der Waals surface area contributed by atoms with Crippen molar-refractivity contribution in [3.05, 3.63) is 28.8 Å². The van der Waals surface area contributed by atoms with Crippen molar-refractivity contribution in [3.8, 4) is 0 Å². The lowest BCUT2D eigenvalue weighted by Crippen LogP contribution is -2.16. The lowest BCUT2D eigenvalue weighted by atomic mass is 10.0. The predicted molar refractivity (Wildman–Crippen MR) is 90.1 cm³/mol. The van der Waals surface area contributed by atoms with Gasteiger partial charge in [-0.25, -0.2) is 0 Å². The van der Waals surface area contributed by atoms with Crippen LogP contribution in [-0.4, -0.2) is 20.8 Å². The normalized spacial score (nSPS) is 18.4. The molecule has 2 aliphatic carbocycles. The summed E-state index contributed by atoms with van der Waals surface area (Å²) in [6.07, 6.45) is 10.1. The third-order valence-electron chi connectivity index (χ3n) is 5.33. The molecule has 128 valence electrons. The number of hydrogen-bond donors (Lipinski definition) is 1. The molecule has 2 aliphatic rings. The number of carbonyl (C=O) groups is 1. The van der Waals surface area contributed by atoms with Crippen LogP contribution in [0.2, 0.25) is 0 Å². The topological polar surface area (TPSA) is 73.0 Å². The minimum absolute atomic E-state index is 0.192. The van der Waals surface area contributed by atoms with E-state index in [-0.39, 0.29) is 5.91 Å². The highest BCUT2D eigenvalue weighted by molar-refractivity contribution is 6.03. The summed E-state index contributed by atoms with van der Waals surface area (Å²) in [5, 5.41) is 11.6. The summed E-state index contributed by atoms with van der Waals surface area (Å²) in [6, 6.07) is 2.01. The molecule has 1 amide bonds. The van der Waals surface area contributed by atoms with Crippen LogP contribution in [0, 0.1) is 0 Å². The first-order valence-corrected chi connectivity index (χ1v) is 9.05. The summed E-state index contributed by atoms with van der Waals surface area (Å²) >= 11 is 0. The Morgan fingerprint density at radius 2 is 2.00 bits per heavy atom. The molecule has 1 fully saturated rings. The highest BCUT2D eigenvalue weighted by Crippen LogP contribution is 2.34. The molecule has 2 heterocycles. The van der Waals surface area contributed by atoms with E-state index in [2.05, 4.69) is 15.6 Å². The monoisotopic (exact) mass is 328 g/mol. The Morgan fingerprint density at radius 1 is 1.21 bits per heavy atom. The van der Waals surface area contributed by atoms with E-state index in [0.29, 0.717) is 11.6 Å². The first-order valence-electron chi connectivity index (χ1n) is 9.05. The van der Waals surface area contributed by atoms with Crippen LogP contribution in [0.15, 0.2) is 10.6 Å². The second-order valence-corrected chi connectivity index (χ2v) is 7.01. The maximum atomic E-state index is 12.7. The molecule has 0 aromatic carbocycles. The number of aryl methyl sites for hydroxylation is 2.